The van der Waals surface area contributed by atoms with Crippen molar-refractivity contribution in [3.8, 4) is 17.0 Å². The minimum atomic E-state index is -0.447. The minimum Gasteiger partial charge on any atom is -0.497 e. The number of methoxy groups -OCH3 is 1. The maximum Gasteiger partial charge on any atom is 0.411 e. The van der Waals surface area contributed by atoms with Gasteiger partial charge in [-0.2, -0.15) is 0 Å². The summed E-state index contributed by atoms with van der Waals surface area (Å²) in [6.07, 6.45) is -0.447. The van der Waals surface area contributed by atoms with Crippen LogP contribution in [0, 0.1) is 0 Å². The van der Waals surface area contributed by atoms with Crippen LogP contribution in [0.4, 0.5) is 10.5 Å². The molecule has 2 N–H and O–H groups in total. The average molecular weight is 310 g/mol. The third-order valence-corrected chi connectivity index (χ3v) is 3.54. The second-order valence-corrected chi connectivity index (χ2v) is 5.06. The van der Waals surface area contributed by atoms with Crippen LogP contribution in [-0.4, -0.2) is 24.8 Å². The topological polar surface area (TPSA) is 63.3 Å². The molecule has 0 spiro atoms. The molecule has 1 amide bonds. The number of carbonyl (C=O) groups is 1. The predicted octanol–water partition coefficient (Wildman–Crippen LogP) is 4.41. The first-order chi connectivity index (χ1) is 11.2. The van der Waals surface area contributed by atoms with Gasteiger partial charge in [0.2, 0.25) is 0 Å². The Bertz CT molecular complexity index is 822. The number of ether oxygens (including phenoxy) is 2. The predicted molar refractivity (Wildman–Crippen MR) is 90.9 cm³/mol. The monoisotopic (exact) mass is 310 g/mol. The maximum absolute atomic E-state index is 11.5. The van der Waals surface area contributed by atoms with Gasteiger partial charge in [0, 0.05) is 22.3 Å². The number of aromatic nitrogens is 1. The van der Waals surface area contributed by atoms with Gasteiger partial charge in [0.1, 0.15) is 5.75 Å². The summed E-state index contributed by atoms with van der Waals surface area (Å²) in [4.78, 5) is 14.9. The lowest BCUT2D eigenvalue weighted by Crippen LogP contribution is -2.12. The summed E-state index contributed by atoms with van der Waals surface area (Å²) in [5.41, 5.74) is 3.79. The van der Waals surface area contributed by atoms with Gasteiger partial charge < -0.3 is 14.5 Å². The van der Waals surface area contributed by atoms with Crippen molar-refractivity contribution in [1.82, 2.24) is 4.98 Å². The molecule has 1 aromatic heterocycles. The molecule has 1 heterocycles. The van der Waals surface area contributed by atoms with Gasteiger partial charge in [-0.1, -0.05) is 0 Å². The number of fused-ring (bicyclic) bond motifs is 1. The summed E-state index contributed by atoms with van der Waals surface area (Å²) in [5, 5.41) is 3.73. The molecule has 0 aliphatic carbocycles. The first-order valence-electron chi connectivity index (χ1n) is 7.40. The number of rotatable bonds is 4. The van der Waals surface area contributed by atoms with Crippen LogP contribution in [0.3, 0.4) is 0 Å². The molecule has 2 aromatic carbocycles. The fourth-order valence-electron chi connectivity index (χ4n) is 2.42. The normalized spacial score (nSPS) is 10.5. The Kier molecular flexibility index (Phi) is 4.19. The van der Waals surface area contributed by atoms with Crippen LogP contribution in [0.2, 0.25) is 0 Å². The molecule has 3 rings (SSSR count). The first kappa shape index (κ1) is 15.0. The Hall–Kier alpha value is -2.95. The summed E-state index contributed by atoms with van der Waals surface area (Å²) < 4.78 is 10.1. The number of nitrogens with one attached hydrogen (secondary N) is 2. The van der Waals surface area contributed by atoms with E-state index in [4.69, 9.17) is 9.47 Å². The van der Waals surface area contributed by atoms with E-state index in [2.05, 4.69) is 10.3 Å². The molecule has 0 unspecified atom stereocenters. The molecule has 23 heavy (non-hydrogen) atoms. The van der Waals surface area contributed by atoms with E-state index in [-0.39, 0.29) is 0 Å². The number of amides is 1. The van der Waals surface area contributed by atoms with Crippen molar-refractivity contribution in [2.75, 3.05) is 19.0 Å². The van der Waals surface area contributed by atoms with Gasteiger partial charge >= 0.3 is 6.09 Å². The van der Waals surface area contributed by atoms with Gasteiger partial charge in [-0.3, -0.25) is 5.32 Å². The smallest absolute Gasteiger partial charge is 0.411 e. The van der Waals surface area contributed by atoms with E-state index in [0.29, 0.717) is 12.3 Å². The number of aromatic amines is 1. The highest BCUT2D eigenvalue weighted by Crippen LogP contribution is 2.27. The molecular weight excluding hydrogens is 292 g/mol. The standard InChI is InChI=1S/C18H18N2O3/c1-3-23-18(21)19-14-6-9-16-13(10-14)11-17(20-16)12-4-7-15(22-2)8-5-12/h4-11,20H,3H2,1-2H3,(H,19,21). The molecule has 0 atom stereocenters. The third-order valence-electron chi connectivity index (χ3n) is 3.54. The molecule has 5 heteroatoms. The lowest BCUT2D eigenvalue weighted by molar-refractivity contribution is 0.168. The molecule has 0 radical (unpaired) electrons. The highest BCUT2D eigenvalue weighted by atomic mass is 16.5. The molecule has 0 aliphatic rings. The Balaban J connectivity index is 1.87. The van der Waals surface area contributed by atoms with Gasteiger partial charge in [-0.15, -0.1) is 0 Å². The zero-order valence-corrected chi connectivity index (χ0v) is 13.1. The largest absolute Gasteiger partial charge is 0.497 e. The summed E-state index contributed by atoms with van der Waals surface area (Å²) in [6.45, 7) is 2.12. The average Bonchev–Trinajstić information content (AvgIpc) is 2.98. The number of hydrogen-bond acceptors (Lipinski definition) is 3. The van der Waals surface area contributed by atoms with Gasteiger partial charge in [0.05, 0.1) is 13.7 Å². The Morgan fingerprint density at radius 3 is 2.61 bits per heavy atom. The van der Waals surface area contributed by atoms with Crippen molar-refractivity contribution >= 4 is 22.7 Å². The molecule has 0 fully saturated rings. The second kappa shape index (κ2) is 6.44. The summed E-state index contributed by atoms with van der Waals surface area (Å²) in [6, 6.07) is 15.6. The number of carbonyl (C=O) groups excluding carboxylic acids is 1. The molecule has 5 nitrogen and oxygen atoms in total. The zero-order valence-electron chi connectivity index (χ0n) is 13.1. The van der Waals surface area contributed by atoms with Crippen molar-refractivity contribution in [3.63, 3.8) is 0 Å². The fourth-order valence-corrected chi connectivity index (χ4v) is 2.42. The van der Waals surface area contributed by atoms with E-state index in [1.807, 2.05) is 48.5 Å². The maximum atomic E-state index is 11.5. The first-order valence-corrected chi connectivity index (χ1v) is 7.40. The van der Waals surface area contributed by atoms with Crippen LogP contribution in [0.15, 0.2) is 48.5 Å². The van der Waals surface area contributed by atoms with Crippen LogP contribution < -0.4 is 10.1 Å². The van der Waals surface area contributed by atoms with Crippen molar-refractivity contribution in [1.29, 1.82) is 0 Å². The van der Waals surface area contributed by atoms with Crippen LogP contribution >= 0.6 is 0 Å². The van der Waals surface area contributed by atoms with Crippen LogP contribution in [0.1, 0.15) is 6.92 Å². The van der Waals surface area contributed by atoms with E-state index in [0.717, 1.165) is 27.9 Å². The van der Waals surface area contributed by atoms with Crippen molar-refractivity contribution in [3.05, 3.63) is 48.5 Å². The molecular formula is C18H18N2O3. The number of benzene rings is 2. The highest BCUT2D eigenvalue weighted by molar-refractivity contribution is 5.92. The minimum absolute atomic E-state index is 0.347. The Morgan fingerprint density at radius 2 is 1.91 bits per heavy atom. The van der Waals surface area contributed by atoms with Gasteiger partial charge in [-0.05, 0) is 61.0 Å². The van der Waals surface area contributed by atoms with Gasteiger partial charge in [0.25, 0.3) is 0 Å². The van der Waals surface area contributed by atoms with Gasteiger partial charge in [-0.25, -0.2) is 4.79 Å². The molecule has 0 bridgehead atoms. The lowest BCUT2D eigenvalue weighted by atomic mass is 10.1. The highest BCUT2D eigenvalue weighted by Gasteiger charge is 2.07. The fraction of sp³-hybridized carbons (Fsp3) is 0.167. The molecule has 0 saturated heterocycles. The summed E-state index contributed by atoms with van der Waals surface area (Å²) in [5.74, 6) is 0.825. The van der Waals surface area contributed by atoms with Crippen molar-refractivity contribution < 1.29 is 14.3 Å². The SMILES string of the molecule is CCOC(=O)Nc1ccc2[nH]c(-c3ccc(OC)cc3)cc2c1. The van der Waals surface area contributed by atoms with E-state index in [9.17, 15) is 4.79 Å². The second-order valence-electron chi connectivity index (χ2n) is 5.06. The number of anilines is 1. The van der Waals surface area contributed by atoms with Crippen LogP contribution in [0.25, 0.3) is 22.2 Å². The Morgan fingerprint density at radius 1 is 1.13 bits per heavy atom. The summed E-state index contributed by atoms with van der Waals surface area (Å²) >= 11 is 0. The molecule has 0 aliphatic heterocycles. The van der Waals surface area contributed by atoms with Crippen molar-refractivity contribution in [2.45, 2.75) is 6.92 Å². The molecule has 3 aromatic rings. The van der Waals surface area contributed by atoms with E-state index < -0.39 is 6.09 Å². The van der Waals surface area contributed by atoms with E-state index in [1.54, 1.807) is 14.0 Å². The quantitative estimate of drug-likeness (QED) is 0.750. The van der Waals surface area contributed by atoms with Crippen LogP contribution in [-0.2, 0) is 4.74 Å². The molecule has 118 valence electrons. The summed E-state index contributed by atoms with van der Waals surface area (Å²) in [7, 11) is 1.65. The molecule has 0 saturated carbocycles. The zero-order chi connectivity index (χ0) is 16.2. The third kappa shape index (κ3) is 3.29. The lowest BCUT2D eigenvalue weighted by Gasteiger charge is -2.04. The van der Waals surface area contributed by atoms with Crippen LogP contribution in [0.5, 0.6) is 5.75 Å². The van der Waals surface area contributed by atoms with E-state index >= 15 is 0 Å². The Labute approximate surface area is 134 Å². The number of hydrogen-bond donors (Lipinski definition) is 2. The van der Waals surface area contributed by atoms with Crippen molar-refractivity contribution in [2.24, 2.45) is 0 Å². The number of H-pyrrole nitrogens is 1. The van der Waals surface area contributed by atoms with Gasteiger partial charge in [0.15, 0.2) is 0 Å². The van der Waals surface area contributed by atoms with E-state index in [1.165, 1.54) is 0 Å².